The van der Waals surface area contributed by atoms with Crippen LogP contribution in [0.4, 0.5) is 0 Å². The molecular formula is C10H15NO2S. The predicted molar refractivity (Wildman–Crippen MR) is 57.4 cm³/mol. The maximum atomic E-state index is 11.2. The predicted octanol–water partition coefficient (Wildman–Crippen LogP) is 1.53. The van der Waals surface area contributed by atoms with Gasteiger partial charge in [0.1, 0.15) is 0 Å². The first kappa shape index (κ1) is 11.2. The van der Waals surface area contributed by atoms with Gasteiger partial charge in [0.2, 0.25) is 0 Å². The first-order chi connectivity index (χ1) is 6.62. The van der Waals surface area contributed by atoms with Crippen LogP contribution >= 0.6 is 11.3 Å². The molecule has 1 aromatic rings. The van der Waals surface area contributed by atoms with Gasteiger partial charge in [0.25, 0.3) is 0 Å². The van der Waals surface area contributed by atoms with Crippen molar-refractivity contribution in [2.24, 2.45) is 5.73 Å². The highest BCUT2D eigenvalue weighted by Gasteiger charge is 2.29. The van der Waals surface area contributed by atoms with E-state index in [9.17, 15) is 4.79 Å². The number of nitrogens with two attached hydrogens (primary N) is 1. The Bertz CT molecular complexity index is 297. The lowest BCUT2D eigenvalue weighted by Gasteiger charge is -2.25. The van der Waals surface area contributed by atoms with Crippen LogP contribution in [-0.4, -0.2) is 19.6 Å². The molecule has 0 saturated carbocycles. The van der Waals surface area contributed by atoms with E-state index in [1.54, 1.807) is 11.3 Å². The molecule has 14 heavy (non-hydrogen) atoms. The SMILES string of the molecule is COC(=O)CC(C)(CN)c1cccs1. The second kappa shape index (κ2) is 4.57. The molecule has 1 heterocycles. The van der Waals surface area contributed by atoms with E-state index in [2.05, 4.69) is 4.74 Å². The van der Waals surface area contributed by atoms with Crippen molar-refractivity contribution in [3.63, 3.8) is 0 Å². The minimum Gasteiger partial charge on any atom is -0.469 e. The number of carbonyl (C=O) groups excluding carboxylic acids is 1. The maximum Gasteiger partial charge on any atom is 0.306 e. The number of thiophene rings is 1. The Morgan fingerprint density at radius 1 is 1.71 bits per heavy atom. The Morgan fingerprint density at radius 2 is 2.43 bits per heavy atom. The summed E-state index contributed by atoms with van der Waals surface area (Å²) in [6.07, 6.45) is 0.334. The van der Waals surface area contributed by atoms with Gasteiger partial charge >= 0.3 is 5.97 Å². The van der Waals surface area contributed by atoms with Crippen molar-refractivity contribution >= 4 is 17.3 Å². The number of methoxy groups -OCH3 is 1. The average Bonchev–Trinajstić information content (AvgIpc) is 2.70. The number of esters is 1. The van der Waals surface area contributed by atoms with Crippen LogP contribution < -0.4 is 5.73 Å². The molecule has 1 rings (SSSR count). The van der Waals surface area contributed by atoms with Crippen molar-refractivity contribution in [2.45, 2.75) is 18.8 Å². The zero-order chi connectivity index (χ0) is 10.6. The molecule has 0 bridgehead atoms. The molecule has 0 aliphatic carbocycles. The van der Waals surface area contributed by atoms with E-state index in [0.29, 0.717) is 13.0 Å². The first-order valence-electron chi connectivity index (χ1n) is 4.43. The molecule has 1 aromatic heterocycles. The average molecular weight is 213 g/mol. The number of carbonyl (C=O) groups is 1. The van der Waals surface area contributed by atoms with Gasteiger partial charge in [-0.25, -0.2) is 0 Å². The van der Waals surface area contributed by atoms with Gasteiger partial charge in [-0.3, -0.25) is 4.79 Å². The largest absolute Gasteiger partial charge is 0.469 e. The van der Waals surface area contributed by atoms with Crippen molar-refractivity contribution in [3.8, 4) is 0 Å². The Labute approximate surface area is 87.9 Å². The minimum absolute atomic E-state index is 0.216. The van der Waals surface area contributed by atoms with Gasteiger partial charge in [0.15, 0.2) is 0 Å². The van der Waals surface area contributed by atoms with Crippen molar-refractivity contribution in [2.75, 3.05) is 13.7 Å². The fraction of sp³-hybridized carbons (Fsp3) is 0.500. The summed E-state index contributed by atoms with van der Waals surface area (Å²) in [5.74, 6) is -0.216. The van der Waals surface area contributed by atoms with E-state index >= 15 is 0 Å². The zero-order valence-electron chi connectivity index (χ0n) is 8.45. The molecule has 0 aliphatic heterocycles. The molecule has 3 nitrogen and oxygen atoms in total. The van der Waals surface area contributed by atoms with Crippen molar-refractivity contribution < 1.29 is 9.53 Å². The third kappa shape index (κ3) is 2.33. The Hall–Kier alpha value is -0.870. The lowest BCUT2D eigenvalue weighted by molar-refractivity contribution is -0.141. The molecule has 0 aliphatic rings. The molecule has 0 radical (unpaired) electrons. The molecule has 0 amide bonds. The fourth-order valence-electron chi connectivity index (χ4n) is 1.27. The van der Waals surface area contributed by atoms with Crippen LogP contribution in [0.3, 0.4) is 0 Å². The molecule has 0 aromatic carbocycles. The van der Waals surface area contributed by atoms with Gasteiger partial charge in [-0.05, 0) is 11.4 Å². The maximum absolute atomic E-state index is 11.2. The van der Waals surface area contributed by atoms with Crippen molar-refractivity contribution in [1.82, 2.24) is 0 Å². The fourth-order valence-corrected chi connectivity index (χ4v) is 2.17. The summed E-state index contributed by atoms with van der Waals surface area (Å²) >= 11 is 1.62. The van der Waals surface area contributed by atoms with Crippen LogP contribution in [0.1, 0.15) is 18.2 Å². The smallest absolute Gasteiger partial charge is 0.306 e. The number of ether oxygens (including phenoxy) is 1. The number of hydrogen-bond donors (Lipinski definition) is 1. The van der Waals surface area contributed by atoms with Crippen LogP contribution in [0.25, 0.3) is 0 Å². The minimum atomic E-state index is -0.290. The summed E-state index contributed by atoms with van der Waals surface area (Å²) in [5, 5.41) is 1.99. The highest BCUT2D eigenvalue weighted by atomic mass is 32.1. The molecule has 0 spiro atoms. The van der Waals surface area contributed by atoms with Gasteiger partial charge in [0, 0.05) is 16.8 Å². The summed E-state index contributed by atoms with van der Waals surface area (Å²) in [4.78, 5) is 12.3. The third-order valence-corrected chi connectivity index (χ3v) is 3.50. The molecule has 4 heteroatoms. The normalized spacial score (nSPS) is 14.8. The van der Waals surface area contributed by atoms with Gasteiger partial charge in [0.05, 0.1) is 13.5 Å². The third-order valence-electron chi connectivity index (χ3n) is 2.33. The van der Waals surface area contributed by atoms with E-state index in [0.717, 1.165) is 4.88 Å². The summed E-state index contributed by atoms with van der Waals surface area (Å²) in [6.45, 7) is 2.43. The summed E-state index contributed by atoms with van der Waals surface area (Å²) in [7, 11) is 1.40. The number of hydrogen-bond acceptors (Lipinski definition) is 4. The second-order valence-corrected chi connectivity index (χ2v) is 4.44. The van der Waals surface area contributed by atoms with E-state index in [-0.39, 0.29) is 11.4 Å². The highest BCUT2D eigenvalue weighted by molar-refractivity contribution is 7.10. The van der Waals surface area contributed by atoms with Gasteiger partial charge in [-0.1, -0.05) is 13.0 Å². The molecule has 78 valence electrons. The molecule has 0 saturated heterocycles. The Morgan fingerprint density at radius 3 is 2.86 bits per heavy atom. The lowest BCUT2D eigenvalue weighted by atomic mass is 9.85. The van der Waals surface area contributed by atoms with Gasteiger partial charge < -0.3 is 10.5 Å². The Kier molecular flexibility index (Phi) is 3.66. The second-order valence-electron chi connectivity index (χ2n) is 3.49. The summed E-state index contributed by atoms with van der Waals surface area (Å²) in [6, 6.07) is 3.96. The van der Waals surface area contributed by atoms with Crippen LogP contribution in [-0.2, 0) is 14.9 Å². The quantitative estimate of drug-likeness (QED) is 0.772. The lowest BCUT2D eigenvalue weighted by Crippen LogP contribution is -2.33. The topological polar surface area (TPSA) is 52.3 Å². The molecular weight excluding hydrogens is 198 g/mol. The van der Waals surface area contributed by atoms with Crippen molar-refractivity contribution in [1.29, 1.82) is 0 Å². The highest BCUT2D eigenvalue weighted by Crippen LogP contribution is 2.30. The van der Waals surface area contributed by atoms with E-state index < -0.39 is 0 Å². The monoisotopic (exact) mass is 213 g/mol. The van der Waals surface area contributed by atoms with Crippen LogP contribution in [0.5, 0.6) is 0 Å². The summed E-state index contributed by atoms with van der Waals surface area (Å²) < 4.78 is 4.66. The molecule has 0 fully saturated rings. The van der Waals surface area contributed by atoms with Gasteiger partial charge in [-0.2, -0.15) is 0 Å². The molecule has 1 atom stereocenters. The van der Waals surface area contributed by atoms with Crippen molar-refractivity contribution in [3.05, 3.63) is 22.4 Å². The standard InChI is InChI=1S/C10H15NO2S/c1-10(7-11,6-9(12)13-2)8-4-3-5-14-8/h3-5H,6-7,11H2,1-2H3. The molecule has 2 N–H and O–H groups in total. The Balaban J connectivity index is 2.82. The zero-order valence-corrected chi connectivity index (χ0v) is 9.26. The summed E-state index contributed by atoms with van der Waals surface area (Å²) in [5.41, 5.74) is 5.41. The van der Waals surface area contributed by atoms with E-state index in [1.165, 1.54) is 7.11 Å². The molecule has 1 unspecified atom stereocenters. The van der Waals surface area contributed by atoms with Crippen LogP contribution in [0.2, 0.25) is 0 Å². The van der Waals surface area contributed by atoms with E-state index in [1.807, 2.05) is 24.4 Å². The van der Waals surface area contributed by atoms with Gasteiger partial charge in [-0.15, -0.1) is 11.3 Å². The number of rotatable bonds is 4. The van der Waals surface area contributed by atoms with Crippen LogP contribution in [0, 0.1) is 0 Å². The van der Waals surface area contributed by atoms with E-state index in [4.69, 9.17) is 5.73 Å². The first-order valence-corrected chi connectivity index (χ1v) is 5.31. The van der Waals surface area contributed by atoms with Crippen LogP contribution in [0.15, 0.2) is 17.5 Å².